The fraction of sp³-hybridized carbons (Fsp3) is 0.333. The lowest BCUT2D eigenvalue weighted by atomic mass is 10.1. The van der Waals surface area contributed by atoms with Gasteiger partial charge in [-0.15, -0.1) is 0 Å². The maximum Gasteiger partial charge on any atom is 0.227 e. The summed E-state index contributed by atoms with van der Waals surface area (Å²) in [6.45, 7) is 0.386. The molecule has 2 aromatic carbocycles. The lowest BCUT2D eigenvalue weighted by molar-refractivity contribution is -0.121. The van der Waals surface area contributed by atoms with Crippen molar-refractivity contribution in [2.45, 2.75) is 38.6 Å². The van der Waals surface area contributed by atoms with E-state index in [1.165, 1.54) is 0 Å². The molecule has 0 aromatic heterocycles. The second-order valence-electron chi connectivity index (χ2n) is 6.86. The molecule has 1 aliphatic carbocycles. The molecule has 0 saturated heterocycles. The van der Waals surface area contributed by atoms with Gasteiger partial charge in [0.2, 0.25) is 11.8 Å². The van der Waals surface area contributed by atoms with Gasteiger partial charge in [-0.05, 0) is 48.2 Å². The first-order chi connectivity index (χ1) is 13.0. The number of carbonyl (C=O) groups excluding carboxylic acids is 2. The van der Waals surface area contributed by atoms with Crippen LogP contribution in [-0.2, 0) is 22.6 Å². The highest BCUT2D eigenvalue weighted by Crippen LogP contribution is 2.26. The van der Waals surface area contributed by atoms with Gasteiger partial charge in [0.05, 0.1) is 6.42 Å². The molecule has 6 heteroatoms. The standard InChI is InChI=1S/C21H22Cl2N2O2/c22-17-9-8-16(19(23)12-17)11-20(26)24-13-14-4-3-7-18(10-14)25-21(27)15-5-1-2-6-15/h3-4,7-10,12,15H,1-2,5-6,11,13H2,(H,24,26)(H,25,27). The lowest BCUT2D eigenvalue weighted by Crippen LogP contribution is -2.25. The zero-order valence-electron chi connectivity index (χ0n) is 14.9. The Hall–Kier alpha value is -2.04. The highest BCUT2D eigenvalue weighted by atomic mass is 35.5. The Balaban J connectivity index is 1.53. The first-order valence-corrected chi connectivity index (χ1v) is 9.87. The van der Waals surface area contributed by atoms with E-state index in [4.69, 9.17) is 23.2 Å². The Kier molecular flexibility index (Phi) is 6.75. The van der Waals surface area contributed by atoms with Crippen LogP contribution in [0.2, 0.25) is 10.0 Å². The van der Waals surface area contributed by atoms with E-state index in [0.29, 0.717) is 16.6 Å². The number of hydrogen-bond acceptors (Lipinski definition) is 2. The Morgan fingerprint density at radius 1 is 1.04 bits per heavy atom. The van der Waals surface area contributed by atoms with Crippen molar-refractivity contribution in [2.24, 2.45) is 5.92 Å². The van der Waals surface area contributed by atoms with Crippen LogP contribution in [0.3, 0.4) is 0 Å². The second-order valence-corrected chi connectivity index (χ2v) is 7.70. The van der Waals surface area contributed by atoms with Gasteiger partial charge in [0.25, 0.3) is 0 Å². The van der Waals surface area contributed by atoms with Crippen molar-refractivity contribution in [1.82, 2.24) is 5.32 Å². The van der Waals surface area contributed by atoms with Crippen LogP contribution in [0.5, 0.6) is 0 Å². The van der Waals surface area contributed by atoms with E-state index in [0.717, 1.165) is 42.5 Å². The summed E-state index contributed by atoms with van der Waals surface area (Å²) in [5.41, 5.74) is 2.42. The van der Waals surface area contributed by atoms with Crippen molar-refractivity contribution in [3.05, 3.63) is 63.6 Å². The number of benzene rings is 2. The van der Waals surface area contributed by atoms with E-state index in [-0.39, 0.29) is 24.2 Å². The van der Waals surface area contributed by atoms with Crippen molar-refractivity contribution >= 4 is 40.7 Å². The maximum atomic E-state index is 12.2. The number of anilines is 1. The SMILES string of the molecule is O=C(Cc1ccc(Cl)cc1Cl)NCc1cccc(NC(=O)C2CCCC2)c1. The van der Waals surface area contributed by atoms with E-state index in [2.05, 4.69) is 10.6 Å². The van der Waals surface area contributed by atoms with Gasteiger partial charge in [0, 0.05) is 28.2 Å². The van der Waals surface area contributed by atoms with Crippen molar-refractivity contribution < 1.29 is 9.59 Å². The highest BCUT2D eigenvalue weighted by molar-refractivity contribution is 6.35. The molecule has 0 spiro atoms. The summed E-state index contributed by atoms with van der Waals surface area (Å²) in [6, 6.07) is 12.6. The van der Waals surface area contributed by atoms with Crippen LogP contribution in [0.25, 0.3) is 0 Å². The summed E-state index contributed by atoms with van der Waals surface area (Å²) < 4.78 is 0. The number of halogens is 2. The van der Waals surface area contributed by atoms with Crippen LogP contribution in [0.15, 0.2) is 42.5 Å². The maximum absolute atomic E-state index is 12.2. The fourth-order valence-corrected chi connectivity index (χ4v) is 3.77. The van der Waals surface area contributed by atoms with Crippen molar-refractivity contribution in [3.8, 4) is 0 Å². The van der Waals surface area contributed by atoms with Gasteiger partial charge in [0.15, 0.2) is 0 Å². The summed E-state index contributed by atoms with van der Waals surface area (Å²) in [5, 5.41) is 6.89. The van der Waals surface area contributed by atoms with Gasteiger partial charge in [-0.1, -0.05) is 54.2 Å². The summed E-state index contributed by atoms with van der Waals surface area (Å²) in [4.78, 5) is 24.4. The summed E-state index contributed by atoms with van der Waals surface area (Å²) in [5.74, 6) is 0.0863. The third-order valence-electron chi connectivity index (χ3n) is 4.78. The number of carbonyl (C=O) groups is 2. The van der Waals surface area contributed by atoms with Crippen LogP contribution in [-0.4, -0.2) is 11.8 Å². The average molecular weight is 405 g/mol. The van der Waals surface area contributed by atoms with Crippen LogP contribution in [0, 0.1) is 5.92 Å². The molecule has 2 amide bonds. The number of rotatable bonds is 6. The predicted octanol–water partition coefficient (Wildman–Crippen LogP) is 4.98. The third kappa shape index (κ3) is 5.72. The summed E-state index contributed by atoms with van der Waals surface area (Å²) in [6.07, 6.45) is 4.38. The minimum Gasteiger partial charge on any atom is -0.352 e. The van der Waals surface area contributed by atoms with E-state index < -0.39 is 0 Å². The molecule has 4 nitrogen and oxygen atoms in total. The minimum absolute atomic E-state index is 0.0889. The Bertz CT molecular complexity index is 833. The monoisotopic (exact) mass is 404 g/mol. The molecule has 27 heavy (non-hydrogen) atoms. The third-order valence-corrected chi connectivity index (χ3v) is 5.36. The number of nitrogens with one attached hydrogen (secondary N) is 2. The van der Waals surface area contributed by atoms with Gasteiger partial charge in [-0.2, -0.15) is 0 Å². The molecule has 0 unspecified atom stereocenters. The van der Waals surface area contributed by atoms with Crippen LogP contribution in [0.4, 0.5) is 5.69 Å². The minimum atomic E-state index is -0.125. The zero-order chi connectivity index (χ0) is 19.2. The van der Waals surface area contributed by atoms with E-state index in [9.17, 15) is 9.59 Å². The molecular weight excluding hydrogens is 383 g/mol. The molecular formula is C21H22Cl2N2O2. The molecule has 0 bridgehead atoms. The lowest BCUT2D eigenvalue weighted by Gasteiger charge is -2.12. The topological polar surface area (TPSA) is 58.2 Å². The highest BCUT2D eigenvalue weighted by Gasteiger charge is 2.22. The molecule has 3 rings (SSSR count). The largest absolute Gasteiger partial charge is 0.352 e. The first kappa shape index (κ1) is 19.7. The van der Waals surface area contributed by atoms with E-state index >= 15 is 0 Å². The van der Waals surface area contributed by atoms with E-state index in [1.54, 1.807) is 18.2 Å². The molecule has 0 aliphatic heterocycles. The molecule has 2 aromatic rings. The Morgan fingerprint density at radius 3 is 2.56 bits per heavy atom. The normalized spacial score (nSPS) is 14.1. The Morgan fingerprint density at radius 2 is 1.81 bits per heavy atom. The van der Waals surface area contributed by atoms with Crippen molar-refractivity contribution in [3.63, 3.8) is 0 Å². The van der Waals surface area contributed by atoms with Crippen LogP contribution >= 0.6 is 23.2 Å². The van der Waals surface area contributed by atoms with Gasteiger partial charge in [-0.3, -0.25) is 9.59 Å². The van der Waals surface area contributed by atoms with Crippen molar-refractivity contribution in [1.29, 1.82) is 0 Å². The molecule has 0 heterocycles. The van der Waals surface area contributed by atoms with Crippen molar-refractivity contribution in [2.75, 3.05) is 5.32 Å². The molecule has 1 aliphatic rings. The Labute approximate surface area is 169 Å². The van der Waals surface area contributed by atoms with Crippen LogP contribution in [0.1, 0.15) is 36.8 Å². The molecule has 1 saturated carbocycles. The van der Waals surface area contributed by atoms with Gasteiger partial charge >= 0.3 is 0 Å². The molecule has 2 N–H and O–H groups in total. The van der Waals surface area contributed by atoms with Gasteiger partial charge in [-0.25, -0.2) is 0 Å². The van der Waals surface area contributed by atoms with Crippen LogP contribution < -0.4 is 10.6 Å². The first-order valence-electron chi connectivity index (χ1n) is 9.11. The number of amides is 2. The molecule has 1 fully saturated rings. The van der Waals surface area contributed by atoms with E-state index in [1.807, 2.05) is 24.3 Å². The number of hydrogen-bond donors (Lipinski definition) is 2. The predicted molar refractivity (Wildman–Crippen MR) is 109 cm³/mol. The summed E-state index contributed by atoms with van der Waals surface area (Å²) >= 11 is 12.0. The quantitative estimate of drug-likeness (QED) is 0.712. The average Bonchev–Trinajstić information content (AvgIpc) is 3.18. The second kappa shape index (κ2) is 9.25. The van der Waals surface area contributed by atoms with Gasteiger partial charge < -0.3 is 10.6 Å². The summed E-state index contributed by atoms with van der Waals surface area (Å²) in [7, 11) is 0. The molecule has 142 valence electrons. The molecule has 0 atom stereocenters. The zero-order valence-corrected chi connectivity index (χ0v) is 16.4. The fourth-order valence-electron chi connectivity index (χ4n) is 3.29. The van der Waals surface area contributed by atoms with Gasteiger partial charge in [0.1, 0.15) is 0 Å². The smallest absolute Gasteiger partial charge is 0.227 e. The molecule has 0 radical (unpaired) electrons.